The molecule has 1 N–H and O–H groups in total. The zero-order valence-electron chi connectivity index (χ0n) is 10.6. The zero-order chi connectivity index (χ0) is 13.0. The third-order valence-electron chi connectivity index (χ3n) is 3.60. The number of halogens is 2. The summed E-state index contributed by atoms with van der Waals surface area (Å²) in [4.78, 5) is 0. The molecule has 0 aliphatic heterocycles. The van der Waals surface area contributed by atoms with Gasteiger partial charge in [0.15, 0.2) is 0 Å². The number of hydrogen-bond donors (Lipinski definition) is 1. The Morgan fingerprint density at radius 2 is 2.06 bits per heavy atom. The van der Waals surface area contributed by atoms with Crippen LogP contribution in [0.1, 0.15) is 31.2 Å². The van der Waals surface area contributed by atoms with Gasteiger partial charge in [-0.05, 0) is 49.6 Å². The van der Waals surface area contributed by atoms with E-state index in [4.69, 9.17) is 11.6 Å². The summed E-state index contributed by atoms with van der Waals surface area (Å²) in [6, 6.07) is 6.68. The van der Waals surface area contributed by atoms with Crippen LogP contribution in [0.5, 0.6) is 0 Å². The van der Waals surface area contributed by atoms with Crippen LogP contribution < -0.4 is 5.32 Å². The van der Waals surface area contributed by atoms with Gasteiger partial charge in [0, 0.05) is 27.3 Å². The Bertz CT molecular complexity index is 391. The minimum absolute atomic E-state index is 0.677. The molecule has 2 rings (SSSR count). The van der Waals surface area contributed by atoms with Crippen LogP contribution in [0.2, 0.25) is 5.02 Å². The molecule has 0 atom stereocenters. The van der Waals surface area contributed by atoms with Crippen molar-refractivity contribution in [3.05, 3.63) is 33.3 Å². The monoisotopic (exact) mass is 347 g/mol. The summed E-state index contributed by atoms with van der Waals surface area (Å²) in [5.74, 6) is 0. The number of benzene rings is 1. The number of nitrogens with one attached hydrogen (secondary N) is 1. The summed E-state index contributed by atoms with van der Waals surface area (Å²) in [7, 11) is 0. The van der Waals surface area contributed by atoms with E-state index < -0.39 is 0 Å². The van der Waals surface area contributed by atoms with E-state index in [1.54, 1.807) is 0 Å². The van der Waals surface area contributed by atoms with Crippen LogP contribution in [0.4, 0.5) is 0 Å². The highest BCUT2D eigenvalue weighted by Gasteiger charge is 2.19. The molecule has 1 aliphatic rings. The number of hydrogen-bond acceptors (Lipinski definition) is 2. The predicted octanol–water partition coefficient (Wildman–Crippen LogP) is 4.87. The second-order valence-corrected chi connectivity index (χ2v) is 7.25. The second-order valence-electron chi connectivity index (χ2n) is 4.83. The van der Waals surface area contributed by atoms with Gasteiger partial charge in [-0.2, -0.15) is 11.8 Å². The fraction of sp³-hybridized carbons (Fsp3) is 0.571. The van der Waals surface area contributed by atoms with Crippen molar-refractivity contribution in [3.8, 4) is 0 Å². The van der Waals surface area contributed by atoms with Crippen LogP contribution >= 0.6 is 39.3 Å². The maximum atomic E-state index is 5.95. The first-order valence-electron chi connectivity index (χ1n) is 6.39. The van der Waals surface area contributed by atoms with Gasteiger partial charge in [-0.1, -0.05) is 33.6 Å². The Balaban J connectivity index is 1.81. The Kier molecular flexibility index (Phi) is 5.87. The lowest BCUT2D eigenvalue weighted by molar-refractivity contribution is 0.378. The molecule has 1 saturated carbocycles. The summed E-state index contributed by atoms with van der Waals surface area (Å²) in [5, 5.41) is 5.32. The average molecular weight is 349 g/mol. The minimum atomic E-state index is 0.677. The second kappa shape index (κ2) is 7.18. The van der Waals surface area contributed by atoms with E-state index in [1.807, 2.05) is 23.9 Å². The van der Waals surface area contributed by atoms with Gasteiger partial charge >= 0.3 is 0 Å². The quantitative estimate of drug-likeness (QED) is 0.833. The predicted molar refractivity (Wildman–Crippen MR) is 85.6 cm³/mol. The molecule has 0 unspecified atom stereocenters. The van der Waals surface area contributed by atoms with Crippen molar-refractivity contribution in [3.63, 3.8) is 0 Å². The summed E-state index contributed by atoms with van der Waals surface area (Å²) in [6.45, 7) is 0.923. The smallest absolute Gasteiger partial charge is 0.0417 e. The van der Waals surface area contributed by atoms with E-state index in [0.29, 0.717) is 6.04 Å². The van der Waals surface area contributed by atoms with Gasteiger partial charge in [0.1, 0.15) is 0 Å². The highest BCUT2D eigenvalue weighted by molar-refractivity contribution is 9.10. The molecule has 1 aromatic rings. The lowest BCUT2D eigenvalue weighted by atomic mass is 9.95. The Hall–Kier alpha value is 0.300. The zero-order valence-corrected chi connectivity index (χ0v) is 13.7. The lowest BCUT2D eigenvalue weighted by Crippen LogP contribution is -2.33. The summed E-state index contributed by atoms with van der Waals surface area (Å²) in [6.07, 6.45) is 7.53. The molecule has 0 amide bonds. The van der Waals surface area contributed by atoms with E-state index in [1.165, 1.54) is 31.2 Å². The largest absolute Gasteiger partial charge is 0.310 e. The minimum Gasteiger partial charge on any atom is -0.310 e. The van der Waals surface area contributed by atoms with Gasteiger partial charge in [-0.3, -0.25) is 0 Å². The normalized spacial score (nSPS) is 24.2. The molecule has 0 bridgehead atoms. The van der Waals surface area contributed by atoms with Crippen LogP contribution in [0.3, 0.4) is 0 Å². The Morgan fingerprint density at radius 3 is 2.67 bits per heavy atom. The van der Waals surface area contributed by atoms with Crippen LogP contribution in [0.15, 0.2) is 22.7 Å². The fourth-order valence-corrected chi connectivity index (χ4v) is 3.99. The molecule has 0 spiro atoms. The molecule has 1 aromatic carbocycles. The average Bonchev–Trinajstić information content (AvgIpc) is 2.38. The van der Waals surface area contributed by atoms with Crippen LogP contribution in [0, 0.1) is 0 Å². The molecule has 18 heavy (non-hydrogen) atoms. The van der Waals surface area contributed by atoms with Crippen molar-refractivity contribution in [2.75, 3.05) is 6.26 Å². The van der Waals surface area contributed by atoms with Gasteiger partial charge in [0.05, 0.1) is 0 Å². The van der Waals surface area contributed by atoms with Gasteiger partial charge < -0.3 is 5.32 Å². The maximum absolute atomic E-state index is 5.95. The molecular weight excluding hydrogens is 330 g/mol. The van der Waals surface area contributed by atoms with E-state index in [9.17, 15) is 0 Å². The first kappa shape index (κ1) is 14.7. The van der Waals surface area contributed by atoms with E-state index in [2.05, 4.69) is 33.6 Å². The first-order chi connectivity index (χ1) is 8.69. The van der Waals surface area contributed by atoms with Gasteiger partial charge in [-0.25, -0.2) is 0 Å². The van der Waals surface area contributed by atoms with Gasteiger partial charge in [0.25, 0.3) is 0 Å². The molecule has 0 aromatic heterocycles. The molecule has 0 saturated heterocycles. The van der Waals surface area contributed by atoms with E-state index >= 15 is 0 Å². The standard InChI is InChI=1S/C14H19BrClNS/c1-18-13-6-4-12(5-7-13)17-9-10-2-3-11(16)8-14(10)15/h2-3,8,12-13,17H,4-7,9H2,1H3. The molecule has 0 heterocycles. The van der Waals surface area contributed by atoms with Crippen molar-refractivity contribution in [2.24, 2.45) is 0 Å². The molecule has 1 nitrogen and oxygen atoms in total. The van der Waals surface area contributed by atoms with Crippen LogP contribution in [-0.2, 0) is 6.54 Å². The van der Waals surface area contributed by atoms with Gasteiger partial charge in [-0.15, -0.1) is 0 Å². The van der Waals surface area contributed by atoms with Crippen molar-refractivity contribution in [1.29, 1.82) is 0 Å². The van der Waals surface area contributed by atoms with Crippen molar-refractivity contribution in [1.82, 2.24) is 5.32 Å². The SMILES string of the molecule is CSC1CCC(NCc2ccc(Cl)cc2Br)CC1. The number of rotatable bonds is 4. The summed E-state index contributed by atoms with van der Waals surface area (Å²) >= 11 is 11.5. The third kappa shape index (κ3) is 4.16. The van der Waals surface area contributed by atoms with Gasteiger partial charge in [0.2, 0.25) is 0 Å². The summed E-state index contributed by atoms with van der Waals surface area (Å²) in [5.41, 5.74) is 1.28. The summed E-state index contributed by atoms with van der Waals surface area (Å²) < 4.78 is 1.10. The molecular formula is C14H19BrClNS. The van der Waals surface area contributed by atoms with Crippen molar-refractivity contribution < 1.29 is 0 Å². The highest BCUT2D eigenvalue weighted by Crippen LogP contribution is 2.27. The highest BCUT2D eigenvalue weighted by atomic mass is 79.9. The van der Waals surface area contributed by atoms with E-state index in [-0.39, 0.29) is 0 Å². The topological polar surface area (TPSA) is 12.0 Å². The Labute approximate surface area is 127 Å². The molecule has 1 aliphatic carbocycles. The Morgan fingerprint density at radius 1 is 1.33 bits per heavy atom. The third-order valence-corrected chi connectivity index (χ3v) is 5.72. The van der Waals surface area contributed by atoms with Crippen molar-refractivity contribution >= 4 is 39.3 Å². The molecule has 100 valence electrons. The van der Waals surface area contributed by atoms with Crippen LogP contribution in [0.25, 0.3) is 0 Å². The van der Waals surface area contributed by atoms with E-state index in [0.717, 1.165) is 21.3 Å². The van der Waals surface area contributed by atoms with Crippen molar-refractivity contribution in [2.45, 2.75) is 43.5 Å². The molecule has 0 radical (unpaired) electrons. The first-order valence-corrected chi connectivity index (χ1v) is 8.85. The molecule has 1 fully saturated rings. The lowest BCUT2D eigenvalue weighted by Gasteiger charge is -2.28. The fourth-order valence-electron chi connectivity index (χ4n) is 2.42. The van der Waals surface area contributed by atoms with Crippen LogP contribution in [-0.4, -0.2) is 17.5 Å². The number of thioether (sulfide) groups is 1. The molecule has 4 heteroatoms. The maximum Gasteiger partial charge on any atom is 0.0417 e.